The smallest absolute Gasteiger partial charge is 0.157 e. The highest BCUT2D eigenvalue weighted by atomic mass is 16.5. The number of rotatable bonds is 5. The van der Waals surface area contributed by atoms with Gasteiger partial charge >= 0.3 is 0 Å². The Morgan fingerprint density at radius 3 is 2.81 bits per heavy atom. The zero-order valence-corrected chi connectivity index (χ0v) is 20.1. The molecule has 5 nitrogen and oxygen atoms in total. The fraction of sp³-hybridized carbons (Fsp3) is 0.815. The molecule has 1 heterocycles. The Bertz CT molecular complexity index is 903. The maximum atomic E-state index is 13.4. The molecule has 0 saturated heterocycles. The molecular weight excluding hydrogens is 398 g/mol. The molecule has 4 aliphatic carbocycles. The van der Waals surface area contributed by atoms with Gasteiger partial charge in [-0.2, -0.15) is 10.4 Å². The first-order valence-electron chi connectivity index (χ1n) is 12.9. The van der Waals surface area contributed by atoms with E-state index >= 15 is 0 Å². The first-order chi connectivity index (χ1) is 15.4. The maximum absolute atomic E-state index is 13.4. The maximum Gasteiger partial charge on any atom is 0.157 e. The molecule has 32 heavy (non-hydrogen) atoms. The van der Waals surface area contributed by atoms with Crippen molar-refractivity contribution in [2.24, 2.45) is 46.3 Å². The van der Waals surface area contributed by atoms with Crippen molar-refractivity contribution >= 4 is 5.78 Å². The molecule has 0 aliphatic heterocycles. The van der Waals surface area contributed by atoms with Crippen molar-refractivity contribution < 1.29 is 9.53 Å². The summed E-state index contributed by atoms with van der Waals surface area (Å²) in [5.41, 5.74) is 1.01. The van der Waals surface area contributed by atoms with Crippen LogP contribution in [-0.4, -0.2) is 29.3 Å². The van der Waals surface area contributed by atoms with Gasteiger partial charge in [0.2, 0.25) is 0 Å². The number of ketones is 1. The molecule has 0 aromatic carbocycles. The third-order valence-corrected chi connectivity index (χ3v) is 10.5. The lowest BCUT2D eigenvalue weighted by Crippen LogP contribution is -2.56. The van der Waals surface area contributed by atoms with E-state index in [0.29, 0.717) is 29.2 Å². The molecule has 5 rings (SSSR count). The minimum Gasteiger partial charge on any atom is -0.384 e. The molecule has 0 unspecified atom stereocenters. The van der Waals surface area contributed by atoms with Crippen LogP contribution in [0.5, 0.6) is 0 Å². The van der Waals surface area contributed by atoms with Crippen molar-refractivity contribution in [3.8, 4) is 6.07 Å². The van der Waals surface area contributed by atoms with Gasteiger partial charge in [-0.1, -0.05) is 20.3 Å². The van der Waals surface area contributed by atoms with Gasteiger partial charge in [0, 0.05) is 19.2 Å². The summed E-state index contributed by atoms with van der Waals surface area (Å²) in [7, 11) is 1.90. The Morgan fingerprint density at radius 2 is 2.06 bits per heavy atom. The van der Waals surface area contributed by atoms with Crippen LogP contribution in [0.3, 0.4) is 0 Å². The van der Waals surface area contributed by atoms with E-state index in [2.05, 4.69) is 25.0 Å². The number of ether oxygens (including phenoxy) is 1. The van der Waals surface area contributed by atoms with Crippen LogP contribution in [0.4, 0.5) is 0 Å². The zero-order chi connectivity index (χ0) is 22.5. The number of nitrogens with zero attached hydrogens (tertiary/aromatic N) is 3. The summed E-state index contributed by atoms with van der Waals surface area (Å²) in [6.45, 7) is 6.09. The lowest BCUT2D eigenvalue weighted by atomic mass is 9.44. The van der Waals surface area contributed by atoms with Gasteiger partial charge in [-0.25, -0.2) is 0 Å². The third-order valence-electron chi connectivity index (χ3n) is 10.5. The molecule has 0 spiro atoms. The highest BCUT2D eigenvalue weighted by molar-refractivity contribution is 5.82. The normalized spacial score (nSPS) is 43.1. The van der Waals surface area contributed by atoms with Gasteiger partial charge in [-0.3, -0.25) is 9.48 Å². The van der Waals surface area contributed by atoms with Crippen molar-refractivity contribution in [1.29, 1.82) is 5.26 Å². The Kier molecular flexibility index (Phi) is 5.73. The van der Waals surface area contributed by atoms with Gasteiger partial charge in [0.05, 0.1) is 24.9 Å². The first kappa shape index (κ1) is 22.1. The van der Waals surface area contributed by atoms with Crippen LogP contribution in [0.25, 0.3) is 0 Å². The van der Waals surface area contributed by atoms with Crippen molar-refractivity contribution in [3.63, 3.8) is 0 Å². The summed E-state index contributed by atoms with van der Waals surface area (Å²) in [6, 6.07) is 2.11. The van der Waals surface area contributed by atoms with Crippen molar-refractivity contribution in [1.82, 2.24) is 9.78 Å². The van der Waals surface area contributed by atoms with Crippen LogP contribution in [0.2, 0.25) is 0 Å². The molecular formula is C27H39N3O2. The van der Waals surface area contributed by atoms with Gasteiger partial charge in [0.25, 0.3) is 0 Å². The second-order valence-corrected chi connectivity index (χ2v) is 11.9. The number of carbonyl (C=O) groups is 1. The van der Waals surface area contributed by atoms with Crippen LogP contribution in [0.15, 0.2) is 12.4 Å². The topological polar surface area (TPSA) is 67.9 Å². The summed E-state index contributed by atoms with van der Waals surface area (Å²) < 4.78 is 7.57. The molecule has 174 valence electrons. The number of hydrogen-bond acceptors (Lipinski definition) is 4. The van der Waals surface area contributed by atoms with Crippen LogP contribution in [-0.2, 0) is 16.1 Å². The standard InChI is InChI=1S/C27H39N3O2/c1-18-8-11-27(17-32-3)20(12-18)4-5-21-22-6-7-24(26(22,2)10-9-23(21)27)25(31)16-30-15-19(13-28)14-29-30/h14-15,18,20-24H,4-12,16-17H2,1-3H3/t18-,20+,21-,22-,23-,24+,26-,27+/m0/s1. The average molecular weight is 438 g/mol. The Labute approximate surface area is 192 Å². The van der Waals surface area contributed by atoms with Crippen LogP contribution in [0, 0.1) is 57.7 Å². The lowest BCUT2D eigenvalue weighted by Gasteiger charge is -2.61. The second kappa shape index (κ2) is 8.28. The molecule has 1 aromatic rings. The number of nitriles is 1. The minimum atomic E-state index is 0.118. The number of Topliss-reactive ketones (excluding diaryl/α,β-unsaturated/α-hetero) is 1. The number of methoxy groups -OCH3 is 1. The van der Waals surface area contributed by atoms with Crippen LogP contribution >= 0.6 is 0 Å². The fourth-order valence-corrected chi connectivity index (χ4v) is 9.12. The molecule has 0 amide bonds. The van der Waals surface area contributed by atoms with Gasteiger partial charge in [-0.15, -0.1) is 0 Å². The summed E-state index contributed by atoms with van der Waals surface area (Å²) in [6.07, 6.45) is 14.7. The minimum absolute atomic E-state index is 0.118. The SMILES string of the molecule is COC[C@]12CC[C@H](C)C[C@H]1CC[C@H]1[C@@H]3CC[C@H](C(=O)Cn4cc(C#N)cn4)[C@@]3(C)CC[C@@H]12. The van der Waals surface area contributed by atoms with E-state index in [-0.39, 0.29) is 11.3 Å². The lowest BCUT2D eigenvalue weighted by molar-refractivity contribution is -0.154. The Morgan fingerprint density at radius 1 is 1.22 bits per heavy atom. The van der Waals surface area contributed by atoms with E-state index in [4.69, 9.17) is 10.00 Å². The molecule has 0 N–H and O–H groups in total. The molecule has 0 radical (unpaired) electrons. The second-order valence-electron chi connectivity index (χ2n) is 11.9. The summed E-state index contributed by atoms with van der Waals surface area (Å²) in [5.74, 6) is 4.30. The average Bonchev–Trinajstić information content (AvgIpc) is 3.37. The van der Waals surface area contributed by atoms with E-state index in [1.807, 2.05) is 7.11 Å². The van der Waals surface area contributed by atoms with Gasteiger partial charge in [0.15, 0.2) is 5.78 Å². The zero-order valence-electron chi connectivity index (χ0n) is 20.1. The van der Waals surface area contributed by atoms with E-state index in [1.54, 1.807) is 17.1 Å². The van der Waals surface area contributed by atoms with E-state index < -0.39 is 0 Å². The Hall–Kier alpha value is -1.67. The molecule has 8 atom stereocenters. The monoisotopic (exact) mass is 437 g/mol. The quantitative estimate of drug-likeness (QED) is 0.631. The molecule has 4 saturated carbocycles. The summed E-state index contributed by atoms with van der Waals surface area (Å²) in [5, 5.41) is 13.3. The van der Waals surface area contributed by atoms with Gasteiger partial charge < -0.3 is 4.74 Å². The highest BCUT2D eigenvalue weighted by Crippen LogP contribution is 2.68. The molecule has 0 bridgehead atoms. The molecule has 4 fully saturated rings. The van der Waals surface area contributed by atoms with Crippen molar-refractivity contribution in [2.75, 3.05) is 13.7 Å². The van der Waals surface area contributed by atoms with Gasteiger partial charge in [0.1, 0.15) is 6.07 Å². The van der Waals surface area contributed by atoms with E-state index in [0.717, 1.165) is 36.7 Å². The van der Waals surface area contributed by atoms with E-state index in [9.17, 15) is 4.79 Å². The number of aromatic nitrogens is 2. The molecule has 4 aliphatic rings. The third kappa shape index (κ3) is 3.36. The number of hydrogen-bond donors (Lipinski definition) is 0. The first-order valence-corrected chi connectivity index (χ1v) is 12.9. The van der Waals surface area contributed by atoms with Crippen molar-refractivity contribution in [3.05, 3.63) is 18.0 Å². The van der Waals surface area contributed by atoms with Gasteiger partial charge in [-0.05, 0) is 91.8 Å². The van der Waals surface area contributed by atoms with Crippen LogP contribution < -0.4 is 0 Å². The highest BCUT2D eigenvalue weighted by Gasteiger charge is 2.62. The summed E-state index contributed by atoms with van der Waals surface area (Å²) in [4.78, 5) is 13.4. The predicted molar refractivity (Wildman–Crippen MR) is 123 cm³/mol. The number of carbonyl (C=O) groups excluding carboxylic acids is 1. The Balaban J connectivity index is 1.36. The largest absolute Gasteiger partial charge is 0.384 e. The molecule has 5 heteroatoms. The fourth-order valence-electron chi connectivity index (χ4n) is 9.12. The van der Waals surface area contributed by atoms with Crippen molar-refractivity contribution in [2.45, 2.75) is 78.2 Å². The molecule has 1 aromatic heterocycles. The van der Waals surface area contributed by atoms with E-state index in [1.165, 1.54) is 51.4 Å². The van der Waals surface area contributed by atoms with Crippen LogP contribution in [0.1, 0.15) is 77.2 Å². The number of fused-ring (bicyclic) bond motifs is 5. The summed E-state index contributed by atoms with van der Waals surface area (Å²) >= 11 is 0. The predicted octanol–water partition coefficient (Wildman–Crippen LogP) is 5.25.